The molecule has 1 aliphatic heterocycles. The van der Waals surface area contributed by atoms with Gasteiger partial charge in [0.25, 0.3) is 0 Å². The highest BCUT2D eigenvalue weighted by molar-refractivity contribution is 5.87. The van der Waals surface area contributed by atoms with E-state index >= 15 is 0 Å². The Bertz CT molecular complexity index is 1280. The lowest BCUT2D eigenvalue weighted by atomic mass is 9.90. The molecular weight excluding hydrogens is 462 g/mol. The number of rotatable bonds is 7. The molecule has 188 valence electrons. The summed E-state index contributed by atoms with van der Waals surface area (Å²) in [6.45, 7) is 4.55. The van der Waals surface area contributed by atoms with Crippen LogP contribution in [0.5, 0.6) is 5.75 Å². The maximum atomic E-state index is 13.8. The van der Waals surface area contributed by atoms with E-state index in [0.717, 1.165) is 34.1 Å². The van der Waals surface area contributed by atoms with Crippen LogP contribution in [0, 0.1) is 6.92 Å². The van der Waals surface area contributed by atoms with Crippen LogP contribution >= 0.6 is 0 Å². The predicted octanol–water partition coefficient (Wildman–Crippen LogP) is 5.02. The first-order chi connectivity index (χ1) is 18.1. The van der Waals surface area contributed by atoms with E-state index in [1.165, 1.54) is 0 Å². The van der Waals surface area contributed by atoms with Gasteiger partial charge in [0.1, 0.15) is 11.6 Å². The van der Waals surface area contributed by atoms with E-state index in [9.17, 15) is 4.79 Å². The van der Waals surface area contributed by atoms with Crippen LogP contribution in [0.25, 0.3) is 0 Å². The average Bonchev–Trinajstić information content (AvgIpc) is 2.94. The van der Waals surface area contributed by atoms with Crippen molar-refractivity contribution in [3.8, 4) is 5.75 Å². The van der Waals surface area contributed by atoms with Crippen LogP contribution in [0.2, 0.25) is 0 Å². The number of hydrogen-bond donors (Lipinski definition) is 1. The molecule has 0 saturated carbocycles. The smallest absolute Gasteiger partial charge is 0.234 e. The number of methoxy groups -OCH3 is 1. The first-order valence-electron chi connectivity index (χ1n) is 12.5. The fourth-order valence-corrected chi connectivity index (χ4v) is 4.66. The van der Waals surface area contributed by atoms with Crippen molar-refractivity contribution in [2.24, 2.45) is 0 Å². The molecule has 7 heteroatoms. The summed E-state index contributed by atoms with van der Waals surface area (Å²) in [6.07, 6.45) is 0. The van der Waals surface area contributed by atoms with E-state index in [1.54, 1.807) is 7.11 Å². The van der Waals surface area contributed by atoms with Crippen molar-refractivity contribution in [3.63, 3.8) is 0 Å². The molecule has 1 N–H and O–H groups in total. The van der Waals surface area contributed by atoms with Crippen LogP contribution in [0.3, 0.4) is 0 Å². The van der Waals surface area contributed by atoms with Gasteiger partial charge in [-0.1, -0.05) is 60.7 Å². The summed E-state index contributed by atoms with van der Waals surface area (Å²) in [7, 11) is 1.65. The van der Waals surface area contributed by atoms with Crippen molar-refractivity contribution in [2.45, 2.75) is 12.8 Å². The van der Waals surface area contributed by atoms with Crippen LogP contribution in [-0.2, 0) is 4.79 Å². The second-order valence-corrected chi connectivity index (χ2v) is 9.11. The summed E-state index contributed by atoms with van der Waals surface area (Å²) in [4.78, 5) is 27.3. The monoisotopic (exact) mass is 493 g/mol. The van der Waals surface area contributed by atoms with Crippen molar-refractivity contribution >= 4 is 23.4 Å². The molecule has 1 saturated heterocycles. The second-order valence-electron chi connectivity index (χ2n) is 9.11. The zero-order valence-electron chi connectivity index (χ0n) is 21.2. The van der Waals surface area contributed by atoms with E-state index in [0.29, 0.717) is 32.1 Å². The number of nitrogens with zero attached hydrogens (tertiary/aromatic N) is 4. The standard InChI is InChI=1S/C30H31N5O2/c1-22-21-27(32-25-13-15-26(37-2)16-14-25)33-30(31-22)35-19-17-34(18-20-35)29(36)28(23-9-5-3-6-10-23)24-11-7-4-8-12-24/h3-16,21,28H,17-20H2,1-2H3,(H,31,32,33). The molecule has 4 aromatic rings. The third-order valence-corrected chi connectivity index (χ3v) is 6.59. The number of ether oxygens (including phenoxy) is 1. The van der Waals surface area contributed by atoms with Gasteiger partial charge in [-0.2, -0.15) is 4.98 Å². The van der Waals surface area contributed by atoms with Crippen molar-refractivity contribution in [3.05, 3.63) is 108 Å². The number of carbonyl (C=O) groups excluding carboxylic acids is 1. The van der Waals surface area contributed by atoms with Gasteiger partial charge in [-0.25, -0.2) is 4.98 Å². The molecule has 3 aromatic carbocycles. The molecule has 0 radical (unpaired) electrons. The van der Waals surface area contributed by atoms with E-state index in [-0.39, 0.29) is 11.8 Å². The number of carbonyl (C=O) groups is 1. The van der Waals surface area contributed by atoms with Crippen LogP contribution < -0.4 is 15.0 Å². The van der Waals surface area contributed by atoms with Gasteiger partial charge in [-0.3, -0.25) is 4.79 Å². The minimum Gasteiger partial charge on any atom is -0.497 e. The Balaban J connectivity index is 1.29. The summed E-state index contributed by atoms with van der Waals surface area (Å²) < 4.78 is 5.24. The predicted molar refractivity (Wildman–Crippen MR) is 147 cm³/mol. The van der Waals surface area contributed by atoms with Gasteiger partial charge in [0.05, 0.1) is 13.0 Å². The van der Waals surface area contributed by atoms with Crippen molar-refractivity contribution in [2.75, 3.05) is 43.5 Å². The summed E-state index contributed by atoms with van der Waals surface area (Å²) in [6, 6.07) is 29.7. The quantitative estimate of drug-likeness (QED) is 0.390. The van der Waals surface area contributed by atoms with Gasteiger partial charge < -0.3 is 19.9 Å². The Morgan fingerprint density at radius 2 is 1.43 bits per heavy atom. The second kappa shape index (κ2) is 11.1. The molecule has 1 amide bonds. The molecule has 1 fully saturated rings. The number of nitrogens with one attached hydrogen (secondary N) is 1. The Labute approximate surface area is 217 Å². The van der Waals surface area contributed by atoms with Gasteiger partial charge in [-0.05, 0) is 42.3 Å². The molecule has 0 spiro atoms. The third kappa shape index (κ3) is 5.72. The number of aryl methyl sites for hydroxylation is 1. The zero-order valence-corrected chi connectivity index (χ0v) is 21.2. The zero-order chi connectivity index (χ0) is 25.6. The maximum absolute atomic E-state index is 13.8. The fourth-order valence-electron chi connectivity index (χ4n) is 4.66. The lowest BCUT2D eigenvalue weighted by Gasteiger charge is -2.36. The van der Waals surface area contributed by atoms with Gasteiger partial charge in [0.2, 0.25) is 11.9 Å². The number of benzene rings is 3. The van der Waals surface area contributed by atoms with Crippen molar-refractivity contribution < 1.29 is 9.53 Å². The molecule has 0 unspecified atom stereocenters. The first kappa shape index (κ1) is 24.3. The van der Waals surface area contributed by atoms with Crippen molar-refractivity contribution in [1.29, 1.82) is 0 Å². The molecule has 0 atom stereocenters. The molecule has 0 aliphatic carbocycles. The first-order valence-corrected chi connectivity index (χ1v) is 12.5. The summed E-state index contributed by atoms with van der Waals surface area (Å²) >= 11 is 0. The van der Waals surface area contributed by atoms with E-state index in [2.05, 4.69) is 15.2 Å². The van der Waals surface area contributed by atoms with Gasteiger partial charge in [-0.15, -0.1) is 0 Å². The Kier molecular flexibility index (Phi) is 7.31. The highest BCUT2D eigenvalue weighted by Gasteiger charge is 2.30. The number of piperazine rings is 1. The van der Waals surface area contributed by atoms with Crippen molar-refractivity contribution in [1.82, 2.24) is 14.9 Å². The normalized spacial score (nSPS) is 13.5. The fraction of sp³-hybridized carbons (Fsp3) is 0.233. The number of hydrogen-bond acceptors (Lipinski definition) is 6. The Hall–Kier alpha value is -4.39. The summed E-state index contributed by atoms with van der Waals surface area (Å²) in [5.41, 5.74) is 3.83. The largest absolute Gasteiger partial charge is 0.497 e. The third-order valence-electron chi connectivity index (χ3n) is 6.59. The van der Waals surface area contributed by atoms with Gasteiger partial charge in [0, 0.05) is 43.6 Å². The maximum Gasteiger partial charge on any atom is 0.234 e. The number of amides is 1. The molecular formula is C30H31N5O2. The minimum absolute atomic E-state index is 0.129. The van der Waals surface area contributed by atoms with Crippen LogP contribution in [0.4, 0.5) is 17.5 Å². The van der Waals surface area contributed by atoms with Gasteiger partial charge >= 0.3 is 0 Å². The molecule has 5 rings (SSSR count). The topological polar surface area (TPSA) is 70.6 Å². The SMILES string of the molecule is COc1ccc(Nc2cc(C)nc(N3CCN(C(=O)C(c4ccccc4)c4ccccc4)CC3)n2)cc1. The number of anilines is 3. The molecule has 1 aliphatic rings. The Morgan fingerprint density at radius 1 is 0.838 bits per heavy atom. The summed E-state index contributed by atoms with van der Waals surface area (Å²) in [5, 5.41) is 3.36. The van der Waals surface area contributed by atoms with Crippen LogP contribution in [0.1, 0.15) is 22.7 Å². The number of aromatic nitrogens is 2. The Morgan fingerprint density at radius 3 is 2.00 bits per heavy atom. The lowest BCUT2D eigenvalue weighted by molar-refractivity contribution is -0.132. The van der Waals surface area contributed by atoms with E-state index < -0.39 is 0 Å². The molecule has 1 aromatic heterocycles. The summed E-state index contributed by atoms with van der Waals surface area (Å²) in [5.74, 6) is 2.03. The van der Waals surface area contributed by atoms with Crippen LogP contribution in [0.15, 0.2) is 91.0 Å². The molecule has 7 nitrogen and oxygen atoms in total. The highest BCUT2D eigenvalue weighted by atomic mass is 16.5. The molecule has 2 heterocycles. The minimum atomic E-state index is -0.315. The van der Waals surface area contributed by atoms with Gasteiger partial charge in [0.15, 0.2) is 0 Å². The van der Waals surface area contributed by atoms with Crippen LogP contribution in [-0.4, -0.2) is 54.1 Å². The molecule has 0 bridgehead atoms. The van der Waals surface area contributed by atoms with E-state index in [1.807, 2.05) is 103 Å². The lowest BCUT2D eigenvalue weighted by Crippen LogP contribution is -2.50. The average molecular weight is 494 g/mol. The molecule has 37 heavy (non-hydrogen) atoms. The van der Waals surface area contributed by atoms with E-state index in [4.69, 9.17) is 9.72 Å². The highest BCUT2D eigenvalue weighted by Crippen LogP contribution is 2.28.